The van der Waals surface area contributed by atoms with Gasteiger partial charge in [-0.15, -0.1) is 0 Å². The van der Waals surface area contributed by atoms with E-state index in [-0.39, 0.29) is 17.7 Å². The van der Waals surface area contributed by atoms with Crippen molar-refractivity contribution in [3.63, 3.8) is 0 Å². The summed E-state index contributed by atoms with van der Waals surface area (Å²) in [6.07, 6.45) is 1.44. The maximum atomic E-state index is 13.6. The van der Waals surface area contributed by atoms with E-state index < -0.39 is 29.1 Å². The van der Waals surface area contributed by atoms with Gasteiger partial charge in [-0.05, 0) is 30.7 Å². The Labute approximate surface area is 135 Å². The molecule has 3 amide bonds. The Hall–Kier alpha value is -3.03. The third-order valence-electron chi connectivity index (χ3n) is 3.91. The van der Waals surface area contributed by atoms with Crippen molar-refractivity contribution in [1.29, 1.82) is 0 Å². The number of aromatic nitrogens is 1. The first kappa shape index (κ1) is 15.9. The molecular weight excluding hydrogens is 320 g/mol. The summed E-state index contributed by atoms with van der Waals surface area (Å²) < 4.78 is 28.4. The molecule has 6 nitrogen and oxygen atoms in total. The van der Waals surface area contributed by atoms with Gasteiger partial charge in [0.05, 0.1) is 6.54 Å². The molecule has 1 saturated heterocycles. The first-order chi connectivity index (χ1) is 11.3. The van der Waals surface area contributed by atoms with Crippen LogP contribution in [0, 0.1) is 18.6 Å². The molecule has 2 N–H and O–H groups in total. The molecule has 0 aliphatic carbocycles. The van der Waals surface area contributed by atoms with Crippen molar-refractivity contribution in [2.45, 2.75) is 19.0 Å². The number of hydrogen-bond acceptors (Lipinski definition) is 3. The van der Waals surface area contributed by atoms with Gasteiger partial charge >= 0.3 is 6.03 Å². The minimum atomic E-state index is -1.78. The van der Waals surface area contributed by atoms with Crippen LogP contribution in [0.1, 0.15) is 11.1 Å². The van der Waals surface area contributed by atoms with E-state index in [4.69, 9.17) is 0 Å². The van der Waals surface area contributed by atoms with Crippen LogP contribution in [0.3, 0.4) is 0 Å². The van der Waals surface area contributed by atoms with Crippen molar-refractivity contribution >= 4 is 11.9 Å². The Morgan fingerprint density at radius 1 is 1.12 bits per heavy atom. The molecule has 1 aliphatic rings. The number of amides is 3. The number of carbonyl (C=O) groups excluding carboxylic acids is 2. The third-order valence-corrected chi connectivity index (χ3v) is 3.91. The molecule has 1 aromatic carbocycles. The first-order valence-electron chi connectivity index (χ1n) is 7.08. The van der Waals surface area contributed by atoms with E-state index in [1.165, 1.54) is 10.8 Å². The molecule has 1 atom stereocenters. The molecule has 0 saturated carbocycles. The second-order valence-electron chi connectivity index (χ2n) is 5.60. The average Bonchev–Trinajstić information content (AvgIpc) is 2.78. The van der Waals surface area contributed by atoms with Crippen LogP contribution in [0.2, 0.25) is 0 Å². The quantitative estimate of drug-likeness (QED) is 0.828. The van der Waals surface area contributed by atoms with Crippen molar-refractivity contribution in [2.75, 3.05) is 0 Å². The molecule has 8 heteroatoms. The molecule has 2 aromatic rings. The largest absolute Gasteiger partial charge is 0.322 e. The van der Waals surface area contributed by atoms with Gasteiger partial charge in [0.1, 0.15) is 11.6 Å². The first-order valence-corrected chi connectivity index (χ1v) is 7.08. The highest BCUT2D eigenvalue weighted by molar-refractivity contribution is 6.07. The van der Waals surface area contributed by atoms with Crippen molar-refractivity contribution in [3.8, 4) is 0 Å². The lowest BCUT2D eigenvalue weighted by molar-refractivity contribution is -0.124. The van der Waals surface area contributed by atoms with Crippen molar-refractivity contribution in [3.05, 3.63) is 69.6 Å². The van der Waals surface area contributed by atoms with E-state index in [0.29, 0.717) is 11.6 Å². The summed E-state index contributed by atoms with van der Waals surface area (Å²) in [7, 11) is 0. The molecule has 24 heavy (non-hydrogen) atoms. The van der Waals surface area contributed by atoms with Gasteiger partial charge in [0.2, 0.25) is 0 Å². The SMILES string of the molecule is Cc1cccn(CC2(c3cc(F)cc(F)c3)NC(=O)NC2=O)c1=O. The molecule has 0 bridgehead atoms. The zero-order chi connectivity index (χ0) is 17.5. The van der Waals surface area contributed by atoms with Gasteiger partial charge in [-0.3, -0.25) is 14.9 Å². The third kappa shape index (κ3) is 2.55. The number of nitrogens with one attached hydrogen (secondary N) is 2. The summed E-state index contributed by atoms with van der Waals surface area (Å²) in [6, 6.07) is 4.96. The van der Waals surface area contributed by atoms with Gasteiger partial charge < -0.3 is 9.88 Å². The highest BCUT2D eigenvalue weighted by atomic mass is 19.1. The number of nitrogens with zero attached hydrogens (tertiary/aromatic N) is 1. The van der Waals surface area contributed by atoms with E-state index in [2.05, 4.69) is 10.6 Å². The highest BCUT2D eigenvalue weighted by Gasteiger charge is 2.48. The second kappa shape index (κ2) is 5.55. The standard InChI is InChI=1S/C16H13F2N3O3/c1-9-3-2-4-21(13(9)22)8-16(14(23)19-15(24)20-16)10-5-11(17)7-12(18)6-10/h2-7H,8H2,1H3,(H2,19,20,23,24). The normalized spacial score (nSPS) is 20.0. The van der Waals surface area contributed by atoms with Crippen LogP contribution in [-0.4, -0.2) is 16.5 Å². The van der Waals surface area contributed by atoms with Crippen LogP contribution < -0.4 is 16.2 Å². The lowest BCUT2D eigenvalue weighted by atomic mass is 9.89. The zero-order valence-corrected chi connectivity index (χ0v) is 12.6. The van der Waals surface area contributed by atoms with E-state index in [9.17, 15) is 23.2 Å². The van der Waals surface area contributed by atoms with E-state index in [0.717, 1.165) is 12.1 Å². The number of pyridine rings is 1. The molecule has 0 spiro atoms. The fourth-order valence-corrected chi connectivity index (χ4v) is 2.73. The Balaban J connectivity index is 2.17. The summed E-state index contributed by atoms with van der Waals surface area (Å²) in [4.78, 5) is 36.2. The summed E-state index contributed by atoms with van der Waals surface area (Å²) in [5, 5.41) is 4.44. The maximum Gasteiger partial charge on any atom is 0.322 e. The lowest BCUT2D eigenvalue weighted by Gasteiger charge is -2.27. The average molecular weight is 333 g/mol. The van der Waals surface area contributed by atoms with E-state index in [1.54, 1.807) is 19.1 Å². The van der Waals surface area contributed by atoms with Gasteiger partial charge in [0.15, 0.2) is 5.54 Å². The molecule has 1 aliphatic heterocycles. The van der Waals surface area contributed by atoms with Crippen LogP contribution in [0.15, 0.2) is 41.3 Å². The Morgan fingerprint density at radius 3 is 2.38 bits per heavy atom. The number of aryl methyl sites for hydroxylation is 1. The molecule has 3 rings (SSSR count). The number of halogens is 2. The Bertz CT molecular complexity index is 889. The van der Waals surface area contributed by atoms with Gasteiger partial charge in [-0.2, -0.15) is 0 Å². The van der Waals surface area contributed by atoms with Crippen molar-refractivity contribution < 1.29 is 18.4 Å². The number of benzene rings is 1. The second-order valence-corrected chi connectivity index (χ2v) is 5.60. The molecule has 1 unspecified atom stereocenters. The van der Waals surface area contributed by atoms with Crippen LogP contribution in [-0.2, 0) is 16.9 Å². The molecule has 2 heterocycles. The molecule has 0 radical (unpaired) electrons. The topological polar surface area (TPSA) is 80.2 Å². The highest BCUT2D eigenvalue weighted by Crippen LogP contribution is 2.28. The van der Waals surface area contributed by atoms with Crippen LogP contribution in [0.4, 0.5) is 13.6 Å². The minimum Gasteiger partial charge on any atom is -0.318 e. The summed E-state index contributed by atoms with van der Waals surface area (Å²) in [6.45, 7) is 1.30. The van der Waals surface area contributed by atoms with Gasteiger partial charge in [-0.1, -0.05) is 6.07 Å². The smallest absolute Gasteiger partial charge is 0.318 e. The fraction of sp³-hybridized carbons (Fsp3) is 0.188. The molecule has 1 aromatic heterocycles. The number of rotatable bonds is 3. The number of hydrogen-bond donors (Lipinski definition) is 2. The van der Waals surface area contributed by atoms with Gasteiger partial charge in [0.25, 0.3) is 11.5 Å². The number of urea groups is 1. The predicted octanol–water partition coefficient (Wildman–Crippen LogP) is 1.17. The van der Waals surface area contributed by atoms with E-state index >= 15 is 0 Å². The lowest BCUT2D eigenvalue weighted by Crippen LogP contribution is -2.49. The molecular formula is C16H13F2N3O3. The summed E-state index contributed by atoms with van der Waals surface area (Å²) >= 11 is 0. The predicted molar refractivity (Wildman–Crippen MR) is 80.1 cm³/mol. The Kier molecular flexibility index (Phi) is 3.67. The summed E-state index contributed by atoms with van der Waals surface area (Å²) in [5.74, 6) is -2.57. The maximum absolute atomic E-state index is 13.6. The number of imide groups is 1. The number of carbonyl (C=O) groups is 2. The minimum absolute atomic E-state index is 0.0863. The van der Waals surface area contributed by atoms with Crippen molar-refractivity contribution in [2.24, 2.45) is 0 Å². The molecule has 1 fully saturated rings. The van der Waals surface area contributed by atoms with Crippen LogP contribution in [0.25, 0.3) is 0 Å². The van der Waals surface area contributed by atoms with Gasteiger partial charge in [-0.25, -0.2) is 13.6 Å². The van der Waals surface area contributed by atoms with Crippen molar-refractivity contribution in [1.82, 2.24) is 15.2 Å². The monoisotopic (exact) mass is 333 g/mol. The summed E-state index contributed by atoms with van der Waals surface area (Å²) in [5.41, 5.74) is -1.81. The van der Waals surface area contributed by atoms with Crippen LogP contribution >= 0.6 is 0 Å². The fourth-order valence-electron chi connectivity index (χ4n) is 2.73. The zero-order valence-electron chi connectivity index (χ0n) is 12.6. The van der Waals surface area contributed by atoms with Gasteiger partial charge in [0, 0.05) is 17.8 Å². The molecule has 124 valence electrons. The van der Waals surface area contributed by atoms with Crippen LogP contribution in [0.5, 0.6) is 0 Å². The van der Waals surface area contributed by atoms with E-state index in [1.807, 2.05) is 0 Å². The Morgan fingerprint density at radius 2 is 1.79 bits per heavy atom.